The van der Waals surface area contributed by atoms with E-state index in [2.05, 4.69) is 44.5 Å². The third kappa shape index (κ3) is 7.55. The fourth-order valence-electron chi connectivity index (χ4n) is 1.45. The van der Waals surface area contributed by atoms with Crippen LogP contribution < -0.4 is 5.73 Å². The second-order valence-electron chi connectivity index (χ2n) is 5.33. The Balaban J connectivity index is 4.41. The zero-order chi connectivity index (χ0) is 12.6. The summed E-state index contributed by atoms with van der Waals surface area (Å²) in [4.78, 5) is 6.76. The lowest BCUT2D eigenvalue weighted by atomic mass is 10.1. The van der Waals surface area contributed by atoms with Gasteiger partial charge >= 0.3 is 0 Å². The molecule has 0 aliphatic heterocycles. The molecule has 0 aromatic rings. The van der Waals surface area contributed by atoms with Crippen LogP contribution in [0.5, 0.6) is 0 Å². The number of hydrogen-bond donors (Lipinski definition) is 1. The first-order valence-electron chi connectivity index (χ1n) is 6.51. The average molecular weight is 227 g/mol. The van der Waals surface area contributed by atoms with Crippen LogP contribution in [0.3, 0.4) is 0 Å². The number of nitrogens with zero attached hydrogens (tertiary/aromatic N) is 2. The van der Waals surface area contributed by atoms with Crippen molar-refractivity contribution in [3.05, 3.63) is 0 Å². The molecule has 0 atom stereocenters. The molecule has 96 valence electrons. The van der Waals surface area contributed by atoms with Gasteiger partial charge in [0, 0.05) is 13.1 Å². The van der Waals surface area contributed by atoms with Gasteiger partial charge in [-0.1, -0.05) is 26.7 Å². The van der Waals surface area contributed by atoms with Crippen LogP contribution in [0, 0.1) is 0 Å². The predicted octanol–water partition coefficient (Wildman–Crippen LogP) is 3.00. The Kier molecular flexibility index (Phi) is 7.18. The Morgan fingerprint density at radius 3 is 1.81 bits per heavy atom. The Hall–Kier alpha value is -0.730. The Morgan fingerprint density at radius 1 is 1.06 bits per heavy atom. The van der Waals surface area contributed by atoms with Crippen molar-refractivity contribution in [1.29, 1.82) is 0 Å². The molecule has 0 radical (unpaired) electrons. The lowest BCUT2D eigenvalue weighted by Crippen LogP contribution is -2.40. The lowest BCUT2D eigenvalue weighted by Gasteiger charge is -2.25. The molecule has 0 heterocycles. The summed E-state index contributed by atoms with van der Waals surface area (Å²) in [6.07, 6.45) is 4.77. The Morgan fingerprint density at radius 2 is 1.50 bits per heavy atom. The lowest BCUT2D eigenvalue weighted by molar-refractivity contribution is 0.387. The molecule has 0 unspecified atom stereocenters. The second-order valence-corrected chi connectivity index (χ2v) is 5.33. The number of aliphatic imine (C=N–C) groups is 1. The number of hydrogen-bond acceptors (Lipinski definition) is 1. The number of unbranched alkanes of at least 4 members (excludes halogenated alkanes) is 2. The van der Waals surface area contributed by atoms with Crippen LogP contribution in [-0.2, 0) is 0 Å². The molecule has 0 aromatic carbocycles. The van der Waals surface area contributed by atoms with Gasteiger partial charge in [0.1, 0.15) is 0 Å². The molecule has 3 nitrogen and oxygen atoms in total. The van der Waals surface area contributed by atoms with E-state index < -0.39 is 0 Å². The summed E-state index contributed by atoms with van der Waals surface area (Å²) in [6.45, 7) is 12.7. The quantitative estimate of drug-likeness (QED) is 0.560. The van der Waals surface area contributed by atoms with E-state index in [9.17, 15) is 0 Å². The van der Waals surface area contributed by atoms with Crippen molar-refractivity contribution in [2.24, 2.45) is 10.7 Å². The van der Waals surface area contributed by atoms with Gasteiger partial charge in [-0.05, 0) is 33.6 Å². The van der Waals surface area contributed by atoms with E-state index in [1.54, 1.807) is 0 Å². The minimum Gasteiger partial charge on any atom is -0.370 e. The number of nitrogens with two attached hydrogens (primary N) is 1. The topological polar surface area (TPSA) is 41.6 Å². The minimum atomic E-state index is -0.0826. The molecule has 0 saturated heterocycles. The zero-order valence-electron chi connectivity index (χ0n) is 11.7. The van der Waals surface area contributed by atoms with E-state index in [4.69, 9.17) is 5.73 Å². The van der Waals surface area contributed by atoms with E-state index >= 15 is 0 Å². The van der Waals surface area contributed by atoms with E-state index in [1.807, 2.05) is 0 Å². The first-order valence-corrected chi connectivity index (χ1v) is 6.51. The number of guanidine groups is 1. The highest BCUT2D eigenvalue weighted by Gasteiger charge is 2.12. The van der Waals surface area contributed by atoms with Crippen molar-refractivity contribution in [3.8, 4) is 0 Å². The highest BCUT2D eigenvalue weighted by atomic mass is 15.3. The van der Waals surface area contributed by atoms with Crippen LogP contribution >= 0.6 is 0 Å². The maximum absolute atomic E-state index is 6.06. The molecule has 0 rings (SSSR count). The van der Waals surface area contributed by atoms with Gasteiger partial charge < -0.3 is 10.6 Å². The largest absolute Gasteiger partial charge is 0.370 e. The minimum absolute atomic E-state index is 0.0826. The number of rotatable bonds is 6. The molecule has 0 aliphatic rings. The average Bonchev–Trinajstić information content (AvgIpc) is 2.15. The first-order chi connectivity index (χ1) is 7.40. The summed E-state index contributed by atoms with van der Waals surface area (Å²) in [5, 5.41) is 0. The van der Waals surface area contributed by atoms with Crippen LogP contribution in [0.25, 0.3) is 0 Å². The zero-order valence-corrected chi connectivity index (χ0v) is 11.7. The van der Waals surface area contributed by atoms with Gasteiger partial charge in [-0.25, -0.2) is 4.99 Å². The molecule has 3 heteroatoms. The monoisotopic (exact) mass is 227 g/mol. The molecule has 2 N–H and O–H groups in total. The molecule has 0 spiro atoms. The van der Waals surface area contributed by atoms with Crippen molar-refractivity contribution in [1.82, 2.24) is 4.90 Å². The van der Waals surface area contributed by atoms with Crippen LogP contribution in [0.4, 0.5) is 0 Å². The van der Waals surface area contributed by atoms with Crippen LogP contribution in [0.15, 0.2) is 4.99 Å². The molecule has 0 bridgehead atoms. The van der Waals surface area contributed by atoms with Crippen molar-refractivity contribution < 1.29 is 0 Å². The van der Waals surface area contributed by atoms with Gasteiger partial charge in [-0.2, -0.15) is 0 Å². The van der Waals surface area contributed by atoms with Gasteiger partial charge in [0.15, 0.2) is 5.96 Å². The highest BCUT2D eigenvalue weighted by molar-refractivity contribution is 5.78. The molecule has 0 amide bonds. The molecule has 0 aromatic heterocycles. The fraction of sp³-hybridized carbons (Fsp3) is 0.923. The molecule has 0 saturated carbocycles. The fourth-order valence-corrected chi connectivity index (χ4v) is 1.45. The summed E-state index contributed by atoms with van der Waals surface area (Å²) >= 11 is 0. The van der Waals surface area contributed by atoms with E-state index in [0.717, 1.165) is 13.1 Å². The SMILES string of the molecule is CCCCN(CCCC)C(N)=NC(C)(C)C. The summed E-state index contributed by atoms with van der Waals surface area (Å²) in [7, 11) is 0. The summed E-state index contributed by atoms with van der Waals surface area (Å²) in [5.41, 5.74) is 5.98. The van der Waals surface area contributed by atoms with Gasteiger partial charge in [-0.15, -0.1) is 0 Å². The van der Waals surface area contributed by atoms with E-state index in [-0.39, 0.29) is 5.54 Å². The van der Waals surface area contributed by atoms with Gasteiger partial charge in [0.05, 0.1) is 5.54 Å². The van der Waals surface area contributed by atoms with Crippen LogP contribution in [0.1, 0.15) is 60.3 Å². The molecule has 16 heavy (non-hydrogen) atoms. The van der Waals surface area contributed by atoms with Crippen molar-refractivity contribution in [2.45, 2.75) is 65.8 Å². The Labute approximate surface area is 101 Å². The van der Waals surface area contributed by atoms with Crippen molar-refractivity contribution in [2.75, 3.05) is 13.1 Å². The van der Waals surface area contributed by atoms with Gasteiger partial charge in [0.25, 0.3) is 0 Å². The third-order valence-corrected chi connectivity index (χ3v) is 2.34. The molecular weight excluding hydrogens is 198 g/mol. The summed E-state index contributed by atoms with van der Waals surface area (Å²) in [6, 6.07) is 0. The maximum Gasteiger partial charge on any atom is 0.191 e. The Bertz CT molecular complexity index is 196. The van der Waals surface area contributed by atoms with Crippen LogP contribution in [-0.4, -0.2) is 29.5 Å². The summed E-state index contributed by atoms with van der Waals surface area (Å²) < 4.78 is 0. The normalized spacial score (nSPS) is 12.9. The predicted molar refractivity (Wildman–Crippen MR) is 72.8 cm³/mol. The summed E-state index contributed by atoms with van der Waals surface area (Å²) in [5.74, 6) is 0.703. The van der Waals surface area contributed by atoms with Crippen LogP contribution in [0.2, 0.25) is 0 Å². The molecular formula is C13H29N3. The first kappa shape index (κ1) is 15.3. The molecule has 0 fully saturated rings. The standard InChI is InChI=1S/C13H29N3/c1-6-8-10-16(11-9-7-2)12(14)15-13(3,4)5/h6-11H2,1-5H3,(H2,14,15). The molecule has 0 aliphatic carbocycles. The van der Waals surface area contributed by atoms with Gasteiger partial charge in [-0.3, -0.25) is 0 Å². The van der Waals surface area contributed by atoms with Crippen molar-refractivity contribution >= 4 is 5.96 Å². The van der Waals surface area contributed by atoms with Gasteiger partial charge in [0.2, 0.25) is 0 Å². The van der Waals surface area contributed by atoms with E-state index in [0.29, 0.717) is 5.96 Å². The smallest absolute Gasteiger partial charge is 0.191 e. The highest BCUT2D eigenvalue weighted by Crippen LogP contribution is 2.08. The second kappa shape index (κ2) is 7.53. The maximum atomic E-state index is 6.06. The third-order valence-electron chi connectivity index (χ3n) is 2.34. The van der Waals surface area contributed by atoms with E-state index in [1.165, 1.54) is 25.7 Å². The van der Waals surface area contributed by atoms with Crippen molar-refractivity contribution in [3.63, 3.8) is 0 Å².